The van der Waals surface area contributed by atoms with Crippen LogP contribution in [-0.4, -0.2) is 16.8 Å². The zero-order valence-corrected chi connectivity index (χ0v) is 14.4. The topological polar surface area (TPSA) is 50.3 Å². The quantitative estimate of drug-likeness (QED) is 0.683. The maximum atomic E-state index is 13.6. The Bertz CT molecular complexity index is 928. The summed E-state index contributed by atoms with van der Waals surface area (Å²) in [5.74, 6) is -0.104. The van der Waals surface area contributed by atoms with E-state index in [1.54, 1.807) is 12.3 Å². The van der Waals surface area contributed by atoms with Gasteiger partial charge in [-0.05, 0) is 35.7 Å². The number of benzene rings is 2. The summed E-state index contributed by atoms with van der Waals surface area (Å²) in [4.78, 5) is 32.0. The largest absolute Gasteiger partial charge is 0.274 e. The van der Waals surface area contributed by atoms with Gasteiger partial charge in [0.25, 0.3) is 5.91 Å². The second-order valence-electron chi connectivity index (χ2n) is 6.54. The lowest BCUT2D eigenvalue weighted by Crippen LogP contribution is -2.39. The van der Waals surface area contributed by atoms with Gasteiger partial charge in [-0.25, -0.2) is 9.88 Å². The third kappa shape index (κ3) is 2.42. The standard InChI is InChI=1S/C22H18N2O2/c1-16-12-13-23-19(14-16)24-20(25)15-22(21(24)26,17-8-4-2-5-9-17)18-10-6-3-7-11-18/h2-14H,15H2,1H3. The first-order valence-corrected chi connectivity index (χ1v) is 8.54. The molecular weight excluding hydrogens is 324 g/mol. The monoisotopic (exact) mass is 342 g/mol. The zero-order chi connectivity index (χ0) is 18.1. The Kier molecular flexibility index (Phi) is 3.88. The third-order valence-electron chi connectivity index (χ3n) is 4.90. The first kappa shape index (κ1) is 16.2. The van der Waals surface area contributed by atoms with E-state index >= 15 is 0 Å². The van der Waals surface area contributed by atoms with Crippen molar-refractivity contribution in [3.63, 3.8) is 0 Å². The number of aryl methyl sites for hydroxylation is 1. The first-order valence-electron chi connectivity index (χ1n) is 8.54. The van der Waals surface area contributed by atoms with Crippen LogP contribution in [-0.2, 0) is 15.0 Å². The molecule has 1 fully saturated rings. The molecule has 2 aromatic carbocycles. The van der Waals surface area contributed by atoms with E-state index in [1.165, 1.54) is 4.90 Å². The highest BCUT2D eigenvalue weighted by molar-refractivity contribution is 6.25. The molecule has 4 rings (SSSR count). The fourth-order valence-corrected chi connectivity index (χ4v) is 3.62. The first-order chi connectivity index (χ1) is 12.6. The van der Waals surface area contributed by atoms with Gasteiger partial charge in [-0.2, -0.15) is 0 Å². The van der Waals surface area contributed by atoms with Crippen molar-refractivity contribution in [3.8, 4) is 0 Å². The zero-order valence-electron chi connectivity index (χ0n) is 14.4. The van der Waals surface area contributed by atoms with E-state index in [1.807, 2.05) is 73.7 Å². The molecule has 1 saturated heterocycles. The minimum atomic E-state index is -1.02. The van der Waals surface area contributed by atoms with Crippen molar-refractivity contribution in [2.45, 2.75) is 18.8 Å². The number of pyridine rings is 1. The van der Waals surface area contributed by atoms with Gasteiger partial charge in [-0.3, -0.25) is 9.59 Å². The average molecular weight is 342 g/mol. The average Bonchev–Trinajstić information content (AvgIpc) is 2.94. The summed E-state index contributed by atoms with van der Waals surface area (Å²) < 4.78 is 0. The molecule has 1 aliphatic rings. The third-order valence-corrected chi connectivity index (χ3v) is 4.90. The Labute approximate surface area is 152 Å². The number of anilines is 1. The Morgan fingerprint density at radius 1 is 0.885 bits per heavy atom. The number of amides is 2. The van der Waals surface area contributed by atoms with E-state index < -0.39 is 5.41 Å². The summed E-state index contributed by atoms with van der Waals surface area (Å²) in [6, 6.07) is 22.6. The van der Waals surface area contributed by atoms with Crippen molar-refractivity contribution in [1.29, 1.82) is 0 Å². The van der Waals surface area contributed by atoms with Gasteiger partial charge < -0.3 is 0 Å². The van der Waals surface area contributed by atoms with Crippen LogP contribution in [0.1, 0.15) is 23.1 Å². The molecule has 3 aromatic rings. The summed E-state index contributed by atoms with van der Waals surface area (Å²) in [6.45, 7) is 1.91. The van der Waals surface area contributed by atoms with E-state index in [2.05, 4.69) is 4.98 Å². The minimum absolute atomic E-state index is 0.0927. The van der Waals surface area contributed by atoms with Crippen molar-refractivity contribution >= 4 is 17.6 Å². The smallest absolute Gasteiger partial charge is 0.250 e. The molecule has 0 unspecified atom stereocenters. The van der Waals surface area contributed by atoms with Gasteiger partial charge >= 0.3 is 0 Å². The second kappa shape index (κ2) is 6.23. The minimum Gasteiger partial charge on any atom is -0.274 e. The maximum absolute atomic E-state index is 13.6. The van der Waals surface area contributed by atoms with Crippen molar-refractivity contribution in [2.75, 3.05) is 4.90 Å². The number of nitrogens with zero attached hydrogens (tertiary/aromatic N) is 2. The summed E-state index contributed by atoms with van der Waals surface area (Å²) in [5.41, 5.74) is 1.57. The van der Waals surface area contributed by atoms with Crippen LogP contribution in [0.2, 0.25) is 0 Å². The molecule has 4 heteroatoms. The molecule has 1 aromatic heterocycles. The second-order valence-corrected chi connectivity index (χ2v) is 6.54. The van der Waals surface area contributed by atoms with Gasteiger partial charge in [0.1, 0.15) is 11.2 Å². The van der Waals surface area contributed by atoms with Crippen LogP contribution in [0, 0.1) is 6.92 Å². The molecule has 0 bridgehead atoms. The Balaban J connectivity index is 1.91. The predicted molar refractivity (Wildman–Crippen MR) is 99.7 cm³/mol. The number of hydrogen-bond acceptors (Lipinski definition) is 3. The molecule has 2 amide bonds. The number of hydrogen-bond donors (Lipinski definition) is 0. The predicted octanol–water partition coefficient (Wildman–Crippen LogP) is 3.64. The summed E-state index contributed by atoms with van der Waals surface area (Å²) >= 11 is 0. The van der Waals surface area contributed by atoms with Crippen LogP contribution in [0.3, 0.4) is 0 Å². The lowest BCUT2D eigenvalue weighted by atomic mass is 9.73. The van der Waals surface area contributed by atoms with Crippen molar-refractivity contribution in [3.05, 3.63) is 95.7 Å². The van der Waals surface area contributed by atoms with Crippen LogP contribution < -0.4 is 4.90 Å². The fourth-order valence-electron chi connectivity index (χ4n) is 3.62. The van der Waals surface area contributed by atoms with E-state index in [0.717, 1.165) is 16.7 Å². The number of carbonyl (C=O) groups is 2. The van der Waals surface area contributed by atoms with Gasteiger partial charge in [0.2, 0.25) is 5.91 Å². The van der Waals surface area contributed by atoms with Gasteiger partial charge in [0, 0.05) is 6.20 Å². The van der Waals surface area contributed by atoms with Gasteiger partial charge in [0.15, 0.2) is 0 Å². The van der Waals surface area contributed by atoms with Crippen LogP contribution in [0.25, 0.3) is 0 Å². The van der Waals surface area contributed by atoms with Crippen LogP contribution in [0.4, 0.5) is 5.82 Å². The number of aromatic nitrogens is 1. The van der Waals surface area contributed by atoms with Gasteiger partial charge in [-0.1, -0.05) is 60.7 Å². The molecule has 0 spiro atoms. The van der Waals surface area contributed by atoms with E-state index in [-0.39, 0.29) is 18.2 Å². The summed E-state index contributed by atoms with van der Waals surface area (Å²) in [7, 11) is 0. The molecule has 0 radical (unpaired) electrons. The molecule has 0 aliphatic carbocycles. The van der Waals surface area contributed by atoms with E-state index in [9.17, 15) is 9.59 Å². The Hall–Kier alpha value is -3.27. The molecule has 0 atom stereocenters. The van der Waals surface area contributed by atoms with Gasteiger partial charge in [0.05, 0.1) is 6.42 Å². The highest BCUT2D eigenvalue weighted by Crippen LogP contribution is 2.43. The van der Waals surface area contributed by atoms with Crippen molar-refractivity contribution in [2.24, 2.45) is 0 Å². The Morgan fingerprint density at radius 2 is 1.46 bits per heavy atom. The van der Waals surface area contributed by atoms with Crippen LogP contribution >= 0.6 is 0 Å². The molecule has 1 aliphatic heterocycles. The van der Waals surface area contributed by atoms with E-state index in [4.69, 9.17) is 0 Å². The number of imide groups is 1. The molecule has 128 valence electrons. The maximum Gasteiger partial charge on any atom is 0.250 e. The Morgan fingerprint density at radius 3 is 2.00 bits per heavy atom. The van der Waals surface area contributed by atoms with Crippen molar-refractivity contribution < 1.29 is 9.59 Å². The molecule has 4 nitrogen and oxygen atoms in total. The molecule has 2 heterocycles. The van der Waals surface area contributed by atoms with Crippen LogP contribution in [0.15, 0.2) is 79.0 Å². The molecular formula is C22H18N2O2. The van der Waals surface area contributed by atoms with Gasteiger partial charge in [-0.15, -0.1) is 0 Å². The lowest BCUT2D eigenvalue weighted by Gasteiger charge is -2.28. The van der Waals surface area contributed by atoms with Crippen LogP contribution in [0.5, 0.6) is 0 Å². The summed E-state index contributed by atoms with van der Waals surface area (Å²) in [5, 5.41) is 0. The number of rotatable bonds is 3. The number of carbonyl (C=O) groups excluding carboxylic acids is 2. The normalized spacial score (nSPS) is 16.1. The fraction of sp³-hybridized carbons (Fsp3) is 0.136. The molecule has 26 heavy (non-hydrogen) atoms. The lowest BCUT2D eigenvalue weighted by molar-refractivity contribution is -0.122. The summed E-state index contributed by atoms with van der Waals surface area (Å²) in [6.07, 6.45) is 1.71. The highest BCUT2D eigenvalue weighted by Gasteiger charge is 2.54. The molecule has 0 N–H and O–H groups in total. The SMILES string of the molecule is Cc1ccnc(N2C(=O)CC(c3ccccc3)(c3ccccc3)C2=O)c1. The molecule has 0 saturated carbocycles. The highest BCUT2D eigenvalue weighted by atomic mass is 16.2. The van der Waals surface area contributed by atoms with Crippen molar-refractivity contribution in [1.82, 2.24) is 4.98 Å². The van der Waals surface area contributed by atoms with E-state index in [0.29, 0.717) is 5.82 Å².